The fraction of sp³-hybridized carbons (Fsp3) is 0.286. The SMILES string of the molecule is Nc1cc(OCC(F)F)cnc1N. The van der Waals surface area contributed by atoms with Crippen LogP contribution in [-0.4, -0.2) is 18.0 Å². The van der Waals surface area contributed by atoms with Crippen molar-refractivity contribution in [1.29, 1.82) is 0 Å². The summed E-state index contributed by atoms with van der Waals surface area (Å²) in [5.74, 6) is 0.344. The monoisotopic (exact) mass is 189 g/mol. The number of nitrogen functional groups attached to an aromatic ring is 2. The van der Waals surface area contributed by atoms with Crippen LogP contribution in [0.25, 0.3) is 0 Å². The lowest BCUT2D eigenvalue weighted by Gasteiger charge is -2.06. The molecule has 0 aromatic carbocycles. The van der Waals surface area contributed by atoms with Gasteiger partial charge in [0.2, 0.25) is 0 Å². The highest BCUT2D eigenvalue weighted by Crippen LogP contribution is 2.18. The molecule has 0 radical (unpaired) electrons. The van der Waals surface area contributed by atoms with Crippen molar-refractivity contribution < 1.29 is 13.5 Å². The number of anilines is 2. The van der Waals surface area contributed by atoms with Crippen LogP contribution in [0.4, 0.5) is 20.3 Å². The first kappa shape index (κ1) is 9.50. The molecule has 0 aliphatic heterocycles. The van der Waals surface area contributed by atoms with Crippen LogP contribution < -0.4 is 16.2 Å². The second kappa shape index (κ2) is 3.88. The molecule has 1 heterocycles. The lowest BCUT2D eigenvalue weighted by atomic mass is 10.4. The van der Waals surface area contributed by atoms with Crippen LogP contribution in [0.1, 0.15) is 0 Å². The van der Waals surface area contributed by atoms with Crippen molar-refractivity contribution in [1.82, 2.24) is 4.98 Å². The van der Waals surface area contributed by atoms with Gasteiger partial charge in [0.25, 0.3) is 6.43 Å². The van der Waals surface area contributed by atoms with E-state index >= 15 is 0 Å². The number of hydrogen-bond donors (Lipinski definition) is 2. The molecule has 4 nitrogen and oxygen atoms in total. The zero-order valence-electron chi connectivity index (χ0n) is 6.71. The van der Waals surface area contributed by atoms with Crippen molar-refractivity contribution >= 4 is 11.5 Å². The predicted molar refractivity (Wildman–Crippen MR) is 44.6 cm³/mol. The summed E-state index contributed by atoms with van der Waals surface area (Å²) in [6.45, 7) is -0.676. The summed E-state index contributed by atoms with van der Waals surface area (Å²) >= 11 is 0. The van der Waals surface area contributed by atoms with Crippen molar-refractivity contribution in [3.63, 3.8) is 0 Å². The Kier molecular flexibility index (Phi) is 2.84. The van der Waals surface area contributed by atoms with Crippen LogP contribution in [0, 0.1) is 0 Å². The Morgan fingerprint density at radius 3 is 2.69 bits per heavy atom. The fourth-order valence-corrected chi connectivity index (χ4v) is 0.710. The van der Waals surface area contributed by atoms with E-state index < -0.39 is 13.0 Å². The Labute approximate surface area is 73.5 Å². The maximum atomic E-state index is 11.7. The van der Waals surface area contributed by atoms with Crippen molar-refractivity contribution in [2.24, 2.45) is 0 Å². The van der Waals surface area contributed by atoms with Gasteiger partial charge in [-0.05, 0) is 0 Å². The second-order valence-electron chi connectivity index (χ2n) is 2.35. The largest absolute Gasteiger partial charge is 0.486 e. The van der Waals surface area contributed by atoms with E-state index in [2.05, 4.69) is 9.72 Å². The molecule has 0 aliphatic carbocycles. The third-order valence-electron chi connectivity index (χ3n) is 1.30. The highest BCUT2D eigenvalue weighted by molar-refractivity contribution is 5.59. The Morgan fingerprint density at radius 1 is 1.46 bits per heavy atom. The van der Waals surface area contributed by atoms with Gasteiger partial charge in [-0.15, -0.1) is 0 Å². The van der Waals surface area contributed by atoms with Crippen molar-refractivity contribution in [3.8, 4) is 5.75 Å². The normalized spacial score (nSPS) is 10.4. The number of ether oxygens (including phenoxy) is 1. The molecule has 0 amide bonds. The molecule has 1 aromatic heterocycles. The van der Waals surface area contributed by atoms with Gasteiger partial charge in [0.05, 0.1) is 11.9 Å². The maximum absolute atomic E-state index is 11.7. The average Bonchev–Trinajstić information content (AvgIpc) is 2.07. The molecule has 6 heteroatoms. The zero-order valence-corrected chi connectivity index (χ0v) is 6.71. The van der Waals surface area contributed by atoms with Gasteiger partial charge in [0, 0.05) is 6.07 Å². The van der Waals surface area contributed by atoms with Crippen LogP contribution >= 0.6 is 0 Å². The Hall–Kier alpha value is -1.59. The summed E-state index contributed by atoms with van der Waals surface area (Å²) in [4.78, 5) is 3.64. The predicted octanol–water partition coefficient (Wildman–Crippen LogP) is 0.890. The lowest BCUT2D eigenvalue weighted by Crippen LogP contribution is -2.08. The molecule has 4 N–H and O–H groups in total. The van der Waals surface area contributed by atoms with E-state index in [9.17, 15) is 8.78 Å². The number of aromatic nitrogens is 1. The van der Waals surface area contributed by atoms with Crippen LogP contribution in [0.5, 0.6) is 5.75 Å². The molecule has 0 saturated heterocycles. The molecule has 0 fully saturated rings. The van der Waals surface area contributed by atoms with Gasteiger partial charge in [0.1, 0.15) is 18.2 Å². The Balaban J connectivity index is 2.63. The van der Waals surface area contributed by atoms with Gasteiger partial charge in [0.15, 0.2) is 0 Å². The summed E-state index contributed by atoms with van der Waals surface area (Å²) < 4.78 is 28.1. The fourth-order valence-electron chi connectivity index (χ4n) is 0.710. The number of nitrogens with zero attached hydrogens (tertiary/aromatic N) is 1. The van der Waals surface area contributed by atoms with Crippen LogP contribution in [0.3, 0.4) is 0 Å². The number of rotatable bonds is 3. The minimum atomic E-state index is -2.52. The second-order valence-corrected chi connectivity index (χ2v) is 2.35. The van der Waals surface area contributed by atoms with Crippen LogP contribution in [0.15, 0.2) is 12.3 Å². The molecule has 1 rings (SSSR count). The average molecular weight is 189 g/mol. The van der Waals surface area contributed by atoms with Gasteiger partial charge in [-0.1, -0.05) is 0 Å². The highest BCUT2D eigenvalue weighted by Gasteiger charge is 2.04. The smallest absolute Gasteiger partial charge is 0.272 e. The van der Waals surface area contributed by atoms with Gasteiger partial charge in [-0.3, -0.25) is 0 Å². The first-order valence-electron chi connectivity index (χ1n) is 3.51. The van der Waals surface area contributed by atoms with Gasteiger partial charge < -0.3 is 16.2 Å². The number of halogens is 2. The third kappa shape index (κ3) is 2.73. The third-order valence-corrected chi connectivity index (χ3v) is 1.30. The number of nitrogens with two attached hydrogens (primary N) is 2. The molecule has 0 spiro atoms. The number of pyridine rings is 1. The lowest BCUT2D eigenvalue weighted by molar-refractivity contribution is 0.0818. The van der Waals surface area contributed by atoms with E-state index in [1.54, 1.807) is 0 Å². The minimum Gasteiger partial charge on any atom is -0.486 e. The molecule has 0 aliphatic rings. The molecular weight excluding hydrogens is 180 g/mol. The Morgan fingerprint density at radius 2 is 2.15 bits per heavy atom. The molecule has 0 unspecified atom stereocenters. The van der Waals surface area contributed by atoms with Gasteiger partial charge >= 0.3 is 0 Å². The van der Waals surface area contributed by atoms with Crippen molar-refractivity contribution in [3.05, 3.63) is 12.3 Å². The number of alkyl halides is 2. The summed E-state index contributed by atoms with van der Waals surface area (Å²) in [7, 11) is 0. The first-order valence-corrected chi connectivity index (χ1v) is 3.51. The molecule has 0 saturated carbocycles. The number of hydrogen-bond acceptors (Lipinski definition) is 4. The summed E-state index contributed by atoms with van der Waals surface area (Å²) in [6, 6.07) is 1.35. The topological polar surface area (TPSA) is 74.2 Å². The van der Waals surface area contributed by atoms with E-state index in [1.807, 2.05) is 0 Å². The van der Waals surface area contributed by atoms with Gasteiger partial charge in [-0.2, -0.15) is 0 Å². The first-order chi connectivity index (χ1) is 6.09. The van der Waals surface area contributed by atoms with Crippen LogP contribution in [-0.2, 0) is 0 Å². The van der Waals surface area contributed by atoms with E-state index in [0.29, 0.717) is 0 Å². The quantitative estimate of drug-likeness (QED) is 0.740. The Bertz CT molecular complexity index is 293. The molecular formula is C7H9F2N3O. The van der Waals surface area contributed by atoms with Gasteiger partial charge in [-0.25, -0.2) is 13.8 Å². The molecule has 0 bridgehead atoms. The van der Waals surface area contributed by atoms with E-state index in [4.69, 9.17) is 11.5 Å². The van der Waals surface area contributed by atoms with Crippen molar-refractivity contribution in [2.75, 3.05) is 18.1 Å². The maximum Gasteiger partial charge on any atom is 0.272 e. The molecule has 0 atom stereocenters. The summed E-state index contributed by atoms with van der Waals surface area (Å²) in [5, 5.41) is 0. The molecule has 1 aromatic rings. The van der Waals surface area contributed by atoms with E-state index in [1.165, 1.54) is 12.3 Å². The highest BCUT2D eigenvalue weighted by atomic mass is 19.3. The van der Waals surface area contributed by atoms with Crippen molar-refractivity contribution in [2.45, 2.75) is 6.43 Å². The molecule has 72 valence electrons. The summed E-state index contributed by atoms with van der Waals surface area (Å²) in [5.41, 5.74) is 10.9. The minimum absolute atomic E-state index is 0.157. The van der Waals surface area contributed by atoms with Crippen LogP contribution in [0.2, 0.25) is 0 Å². The summed E-state index contributed by atoms with van der Waals surface area (Å²) in [6.07, 6.45) is -1.27. The standard InChI is InChI=1S/C7H9F2N3O/c8-6(9)3-13-4-1-5(10)7(11)12-2-4/h1-2,6H,3,10H2,(H2,11,12). The van der Waals surface area contributed by atoms with E-state index in [0.717, 1.165) is 0 Å². The van der Waals surface area contributed by atoms with E-state index in [-0.39, 0.29) is 17.3 Å². The molecule has 13 heavy (non-hydrogen) atoms. The zero-order chi connectivity index (χ0) is 9.84.